The van der Waals surface area contributed by atoms with Gasteiger partial charge in [-0.05, 0) is 24.8 Å². The summed E-state index contributed by atoms with van der Waals surface area (Å²) in [4.78, 5) is 2.93. The number of thiocarbonyl (C=S) groups is 1. The van der Waals surface area contributed by atoms with E-state index in [2.05, 4.69) is 17.0 Å². The number of rotatable bonds is 7. The Kier molecular flexibility index (Phi) is 5.31. The van der Waals surface area contributed by atoms with Crippen LogP contribution < -0.4 is 5.73 Å². The van der Waals surface area contributed by atoms with Gasteiger partial charge in [-0.15, -0.1) is 0 Å². The van der Waals surface area contributed by atoms with Crippen molar-refractivity contribution in [2.45, 2.75) is 38.3 Å². The molecule has 1 aliphatic rings. The fourth-order valence-electron chi connectivity index (χ4n) is 2.43. The third-order valence-corrected chi connectivity index (χ3v) is 4.05. The van der Waals surface area contributed by atoms with E-state index in [1.165, 1.54) is 24.8 Å². The molecule has 0 bridgehead atoms. The van der Waals surface area contributed by atoms with Gasteiger partial charge in [-0.25, -0.2) is 0 Å². The van der Waals surface area contributed by atoms with Crippen molar-refractivity contribution >= 4 is 17.2 Å². The van der Waals surface area contributed by atoms with Crippen molar-refractivity contribution in [1.29, 1.82) is 0 Å². The second kappa shape index (κ2) is 6.98. The molecule has 19 heavy (non-hydrogen) atoms. The van der Waals surface area contributed by atoms with Gasteiger partial charge >= 0.3 is 0 Å². The van der Waals surface area contributed by atoms with Crippen LogP contribution in [0.25, 0.3) is 0 Å². The lowest BCUT2D eigenvalue weighted by Crippen LogP contribution is -2.40. The summed E-state index contributed by atoms with van der Waals surface area (Å²) in [5.74, 6) is 0. The first kappa shape index (κ1) is 14.4. The molecule has 1 saturated carbocycles. The molecule has 0 amide bonds. The first-order valence-corrected chi connectivity index (χ1v) is 7.35. The molecule has 1 aromatic carbocycles. The molecule has 0 radical (unpaired) electrons. The predicted octanol–water partition coefficient (Wildman–Crippen LogP) is 2.06. The van der Waals surface area contributed by atoms with Crippen LogP contribution in [0.3, 0.4) is 0 Å². The van der Waals surface area contributed by atoms with Crippen molar-refractivity contribution < 1.29 is 5.11 Å². The number of benzene rings is 1. The minimum absolute atomic E-state index is 0.267. The fourth-order valence-corrected chi connectivity index (χ4v) is 2.56. The second-order valence-electron chi connectivity index (χ2n) is 5.19. The van der Waals surface area contributed by atoms with Crippen molar-refractivity contribution in [2.24, 2.45) is 5.73 Å². The topological polar surface area (TPSA) is 49.5 Å². The van der Waals surface area contributed by atoms with Crippen LogP contribution in [-0.2, 0) is 6.54 Å². The van der Waals surface area contributed by atoms with Gasteiger partial charge in [0.2, 0.25) is 0 Å². The molecule has 3 N–H and O–H groups in total. The molecule has 4 heteroatoms. The van der Waals surface area contributed by atoms with E-state index in [-0.39, 0.29) is 6.61 Å². The van der Waals surface area contributed by atoms with Gasteiger partial charge in [0.05, 0.1) is 0 Å². The fraction of sp³-hybridized carbons (Fsp3) is 0.533. The van der Waals surface area contributed by atoms with Crippen molar-refractivity contribution in [3.05, 3.63) is 35.4 Å². The number of hydrogen-bond acceptors (Lipinski definition) is 3. The molecule has 1 fully saturated rings. The van der Waals surface area contributed by atoms with Gasteiger partial charge in [-0.1, -0.05) is 42.9 Å². The Hall–Kier alpha value is -0.970. The summed E-state index contributed by atoms with van der Waals surface area (Å²) < 4.78 is 0. The van der Waals surface area contributed by atoms with Crippen molar-refractivity contribution in [3.63, 3.8) is 0 Å². The Bertz CT molecular complexity index is 415. The number of hydrogen-bond donors (Lipinski definition) is 2. The van der Waals surface area contributed by atoms with Crippen LogP contribution in [0.2, 0.25) is 0 Å². The standard InChI is InChI=1S/C15H22N2OS/c16-15(19)13-7-5-12(6-8-13)11-17(9-2-10-18)14-3-1-4-14/h5-8,14,18H,1-4,9-11H2,(H2,16,19). The highest BCUT2D eigenvalue weighted by Crippen LogP contribution is 2.26. The van der Waals surface area contributed by atoms with Crippen molar-refractivity contribution in [1.82, 2.24) is 4.90 Å². The zero-order valence-corrected chi connectivity index (χ0v) is 12.0. The number of aliphatic hydroxyl groups excluding tert-OH is 1. The third-order valence-electron chi connectivity index (χ3n) is 3.82. The Morgan fingerprint density at radius 3 is 2.47 bits per heavy atom. The smallest absolute Gasteiger partial charge is 0.103 e. The first-order chi connectivity index (χ1) is 9.20. The average Bonchev–Trinajstić information content (AvgIpc) is 2.34. The summed E-state index contributed by atoms with van der Waals surface area (Å²) in [6, 6.07) is 8.87. The molecule has 0 atom stereocenters. The lowest BCUT2D eigenvalue weighted by Gasteiger charge is -2.37. The molecule has 1 aromatic rings. The molecule has 0 saturated heterocycles. The Morgan fingerprint density at radius 2 is 2.00 bits per heavy atom. The normalized spacial score (nSPS) is 15.5. The highest BCUT2D eigenvalue weighted by Gasteiger charge is 2.24. The SMILES string of the molecule is NC(=S)c1ccc(CN(CCCO)C2CCC2)cc1. The minimum Gasteiger partial charge on any atom is -0.396 e. The zero-order chi connectivity index (χ0) is 13.7. The Labute approximate surface area is 120 Å². The molecular weight excluding hydrogens is 256 g/mol. The lowest BCUT2D eigenvalue weighted by molar-refractivity contribution is 0.109. The monoisotopic (exact) mass is 278 g/mol. The average molecular weight is 278 g/mol. The molecular formula is C15H22N2OS. The maximum absolute atomic E-state index is 9.00. The maximum atomic E-state index is 9.00. The Balaban J connectivity index is 1.97. The molecule has 3 nitrogen and oxygen atoms in total. The summed E-state index contributed by atoms with van der Waals surface area (Å²) in [7, 11) is 0. The molecule has 104 valence electrons. The summed E-state index contributed by atoms with van der Waals surface area (Å²) in [6.45, 7) is 2.18. The molecule has 0 heterocycles. The van der Waals surface area contributed by atoms with E-state index in [1.54, 1.807) is 0 Å². The Morgan fingerprint density at radius 1 is 1.32 bits per heavy atom. The van der Waals surface area contributed by atoms with Gasteiger partial charge in [0.15, 0.2) is 0 Å². The zero-order valence-electron chi connectivity index (χ0n) is 11.2. The van der Waals surface area contributed by atoms with E-state index in [0.29, 0.717) is 11.0 Å². The van der Waals surface area contributed by atoms with Crippen molar-refractivity contribution in [3.8, 4) is 0 Å². The van der Waals surface area contributed by atoms with E-state index in [1.807, 2.05) is 12.1 Å². The highest BCUT2D eigenvalue weighted by atomic mass is 32.1. The minimum atomic E-state index is 0.267. The molecule has 0 unspecified atom stereocenters. The van der Waals surface area contributed by atoms with Crippen LogP contribution in [0.15, 0.2) is 24.3 Å². The molecule has 0 aliphatic heterocycles. The maximum Gasteiger partial charge on any atom is 0.103 e. The van der Waals surface area contributed by atoms with Crippen molar-refractivity contribution in [2.75, 3.05) is 13.2 Å². The quantitative estimate of drug-likeness (QED) is 0.750. The summed E-state index contributed by atoms with van der Waals surface area (Å²) in [5, 5.41) is 9.00. The van der Waals surface area contributed by atoms with E-state index in [4.69, 9.17) is 23.1 Å². The van der Waals surface area contributed by atoms with Gasteiger partial charge in [0.25, 0.3) is 0 Å². The van der Waals surface area contributed by atoms with Crippen LogP contribution in [0.1, 0.15) is 36.8 Å². The van der Waals surface area contributed by atoms with Crippen LogP contribution in [-0.4, -0.2) is 34.2 Å². The number of aliphatic hydroxyl groups is 1. The lowest BCUT2D eigenvalue weighted by atomic mass is 9.91. The van der Waals surface area contributed by atoms with E-state index < -0.39 is 0 Å². The number of nitrogens with zero attached hydrogens (tertiary/aromatic N) is 1. The largest absolute Gasteiger partial charge is 0.396 e. The first-order valence-electron chi connectivity index (χ1n) is 6.94. The van der Waals surface area contributed by atoms with Crippen LogP contribution in [0.5, 0.6) is 0 Å². The molecule has 1 aliphatic carbocycles. The van der Waals surface area contributed by atoms with E-state index >= 15 is 0 Å². The van der Waals surface area contributed by atoms with Crippen LogP contribution in [0, 0.1) is 0 Å². The van der Waals surface area contributed by atoms with Gasteiger partial charge < -0.3 is 10.8 Å². The third kappa shape index (κ3) is 4.00. The van der Waals surface area contributed by atoms with Gasteiger partial charge in [-0.2, -0.15) is 0 Å². The summed E-state index contributed by atoms with van der Waals surface area (Å²) in [6.07, 6.45) is 4.76. The molecule has 2 rings (SSSR count). The van der Waals surface area contributed by atoms with Gasteiger partial charge in [0.1, 0.15) is 4.99 Å². The summed E-state index contributed by atoms with van der Waals surface area (Å²) in [5.41, 5.74) is 7.81. The molecule has 0 spiro atoms. The van der Waals surface area contributed by atoms with E-state index in [9.17, 15) is 0 Å². The van der Waals surface area contributed by atoms with Crippen LogP contribution >= 0.6 is 12.2 Å². The second-order valence-corrected chi connectivity index (χ2v) is 5.63. The van der Waals surface area contributed by atoms with Gasteiger partial charge in [0, 0.05) is 31.3 Å². The summed E-state index contributed by atoms with van der Waals surface area (Å²) >= 11 is 4.96. The molecule has 0 aromatic heterocycles. The van der Waals surface area contributed by atoms with Crippen LogP contribution in [0.4, 0.5) is 0 Å². The predicted molar refractivity (Wildman–Crippen MR) is 82.1 cm³/mol. The number of nitrogens with two attached hydrogens (primary N) is 1. The highest BCUT2D eigenvalue weighted by molar-refractivity contribution is 7.80. The van der Waals surface area contributed by atoms with E-state index in [0.717, 1.165) is 25.1 Å². The van der Waals surface area contributed by atoms with Gasteiger partial charge in [-0.3, -0.25) is 4.90 Å².